The van der Waals surface area contributed by atoms with E-state index in [2.05, 4.69) is 9.44 Å². The van der Waals surface area contributed by atoms with E-state index in [0.717, 1.165) is 16.7 Å². The van der Waals surface area contributed by atoms with Crippen molar-refractivity contribution in [2.45, 2.75) is 32.7 Å². The molecule has 7 heteroatoms. The Labute approximate surface area is 132 Å². The molecule has 122 valence electrons. The van der Waals surface area contributed by atoms with Gasteiger partial charge >= 0.3 is 0 Å². The Bertz CT molecular complexity index is 630. The molecule has 0 atom stereocenters. The smallest absolute Gasteiger partial charge is 0.276 e. The second-order valence-corrected chi connectivity index (χ2v) is 7.31. The summed E-state index contributed by atoms with van der Waals surface area (Å²) in [6, 6.07) is 5.70. The van der Waals surface area contributed by atoms with Gasteiger partial charge in [-0.05, 0) is 37.8 Å². The largest absolute Gasteiger partial charge is 0.339 e. The van der Waals surface area contributed by atoms with Crippen LogP contribution in [-0.4, -0.2) is 45.4 Å². The normalized spacial score (nSPS) is 16.8. The van der Waals surface area contributed by atoms with E-state index in [1.807, 2.05) is 32.0 Å². The van der Waals surface area contributed by atoms with Gasteiger partial charge in [0.15, 0.2) is 0 Å². The van der Waals surface area contributed by atoms with Gasteiger partial charge in [0.2, 0.25) is 0 Å². The third-order valence-electron chi connectivity index (χ3n) is 4.07. The number of likely N-dealkylation sites (tertiary alicyclic amines) is 1. The van der Waals surface area contributed by atoms with Crippen molar-refractivity contribution < 1.29 is 13.2 Å². The maximum absolute atomic E-state index is 12.7. The number of benzene rings is 1. The van der Waals surface area contributed by atoms with Gasteiger partial charge in [-0.25, -0.2) is 4.72 Å². The molecule has 2 rings (SSSR count). The lowest BCUT2D eigenvalue weighted by Gasteiger charge is -2.32. The highest BCUT2D eigenvalue weighted by atomic mass is 32.2. The van der Waals surface area contributed by atoms with Crippen molar-refractivity contribution in [1.82, 2.24) is 14.3 Å². The van der Waals surface area contributed by atoms with Crippen molar-refractivity contribution in [2.24, 2.45) is 0 Å². The minimum atomic E-state index is -3.43. The second-order valence-electron chi connectivity index (χ2n) is 5.66. The molecule has 0 bridgehead atoms. The Balaban J connectivity index is 2.01. The fourth-order valence-electron chi connectivity index (χ4n) is 2.79. The molecular weight excluding hydrogens is 302 g/mol. The zero-order valence-corrected chi connectivity index (χ0v) is 14.0. The van der Waals surface area contributed by atoms with E-state index in [9.17, 15) is 13.2 Å². The second kappa shape index (κ2) is 6.76. The number of carbonyl (C=O) groups is 1. The van der Waals surface area contributed by atoms with Crippen LogP contribution in [0.5, 0.6) is 0 Å². The Kier molecular flexibility index (Phi) is 5.20. The van der Waals surface area contributed by atoms with E-state index in [4.69, 9.17) is 0 Å². The summed E-state index contributed by atoms with van der Waals surface area (Å²) in [5.41, 5.74) is 2.71. The molecule has 0 aliphatic carbocycles. The molecule has 1 aromatic carbocycles. The van der Waals surface area contributed by atoms with Crippen molar-refractivity contribution >= 4 is 16.1 Å². The monoisotopic (exact) mass is 325 g/mol. The van der Waals surface area contributed by atoms with E-state index >= 15 is 0 Å². The summed E-state index contributed by atoms with van der Waals surface area (Å²) in [6.07, 6.45) is 1.25. The van der Waals surface area contributed by atoms with Crippen molar-refractivity contribution in [2.75, 3.05) is 20.1 Å². The lowest BCUT2D eigenvalue weighted by Crippen LogP contribution is -2.48. The molecule has 1 aliphatic heterocycles. The fourth-order valence-corrected chi connectivity index (χ4v) is 3.58. The molecule has 22 heavy (non-hydrogen) atoms. The quantitative estimate of drug-likeness (QED) is 0.865. The zero-order chi connectivity index (χ0) is 16.3. The molecule has 1 fully saturated rings. The summed E-state index contributed by atoms with van der Waals surface area (Å²) in [5.74, 6) is 0.0329. The van der Waals surface area contributed by atoms with Gasteiger partial charge in [-0.1, -0.05) is 18.2 Å². The number of rotatable bonds is 4. The molecule has 1 heterocycles. The first-order chi connectivity index (χ1) is 10.3. The van der Waals surface area contributed by atoms with E-state index < -0.39 is 10.2 Å². The SMILES string of the molecule is CNS(=O)(=O)NC1CCN(C(=O)c2c(C)cccc2C)CC1. The summed E-state index contributed by atoms with van der Waals surface area (Å²) in [6.45, 7) is 5.00. The number of hydrogen-bond donors (Lipinski definition) is 2. The Morgan fingerprint density at radius 1 is 1.18 bits per heavy atom. The Morgan fingerprint density at radius 3 is 2.23 bits per heavy atom. The number of aryl methyl sites for hydroxylation is 2. The first kappa shape index (κ1) is 16.9. The topological polar surface area (TPSA) is 78.5 Å². The highest BCUT2D eigenvalue weighted by Crippen LogP contribution is 2.19. The lowest BCUT2D eigenvalue weighted by atomic mass is 9.99. The van der Waals surface area contributed by atoms with Crippen molar-refractivity contribution in [3.05, 3.63) is 34.9 Å². The highest BCUT2D eigenvalue weighted by molar-refractivity contribution is 7.87. The minimum absolute atomic E-state index is 0.0329. The van der Waals surface area contributed by atoms with Gasteiger partial charge in [-0.15, -0.1) is 0 Å². The molecule has 1 aromatic rings. The zero-order valence-electron chi connectivity index (χ0n) is 13.2. The van der Waals surface area contributed by atoms with Gasteiger partial charge in [0.1, 0.15) is 0 Å². The maximum Gasteiger partial charge on any atom is 0.276 e. The van der Waals surface area contributed by atoms with Crippen LogP contribution in [0.3, 0.4) is 0 Å². The summed E-state index contributed by atoms with van der Waals surface area (Å²) < 4.78 is 27.8. The maximum atomic E-state index is 12.7. The average molecular weight is 325 g/mol. The predicted molar refractivity (Wildman–Crippen MR) is 86.0 cm³/mol. The molecule has 0 unspecified atom stereocenters. The molecular formula is C15H23N3O3S. The molecule has 0 spiro atoms. The number of nitrogens with one attached hydrogen (secondary N) is 2. The van der Waals surface area contributed by atoms with Gasteiger partial charge in [0, 0.05) is 31.7 Å². The van der Waals surface area contributed by atoms with Gasteiger partial charge < -0.3 is 4.90 Å². The number of carbonyl (C=O) groups excluding carboxylic acids is 1. The van der Waals surface area contributed by atoms with Gasteiger partial charge in [0.05, 0.1) is 0 Å². The summed E-state index contributed by atoms with van der Waals surface area (Å²) >= 11 is 0. The van der Waals surface area contributed by atoms with Crippen LogP contribution in [0.1, 0.15) is 34.3 Å². The molecule has 0 aromatic heterocycles. The minimum Gasteiger partial charge on any atom is -0.339 e. The first-order valence-electron chi connectivity index (χ1n) is 7.40. The van der Waals surface area contributed by atoms with Gasteiger partial charge in [-0.2, -0.15) is 13.1 Å². The number of nitrogens with zero attached hydrogens (tertiary/aromatic N) is 1. The summed E-state index contributed by atoms with van der Waals surface area (Å²) in [5, 5.41) is 0. The van der Waals surface area contributed by atoms with Crippen LogP contribution in [0, 0.1) is 13.8 Å². The molecule has 1 amide bonds. The van der Waals surface area contributed by atoms with E-state index in [-0.39, 0.29) is 11.9 Å². The number of hydrogen-bond acceptors (Lipinski definition) is 3. The first-order valence-corrected chi connectivity index (χ1v) is 8.88. The van der Waals surface area contributed by atoms with E-state index in [0.29, 0.717) is 25.9 Å². The Morgan fingerprint density at radius 2 is 1.73 bits per heavy atom. The van der Waals surface area contributed by atoms with Crippen LogP contribution in [-0.2, 0) is 10.2 Å². The lowest BCUT2D eigenvalue weighted by molar-refractivity contribution is 0.0710. The summed E-state index contributed by atoms with van der Waals surface area (Å²) in [7, 11) is -2.05. The van der Waals surface area contributed by atoms with Crippen molar-refractivity contribution in [3.8, 4) is 0 Å². The van der Waals surface area contributed by atoms with Gasteiger partial charge in [0.25, 0.3) is 16.1 Å². The third kappa shape index (κ3) is 3.85. The average Bonchev–Trinajstić information content (AvgIpc) is 2.47. The van der Waals surface area contributed by atoms with Crippen LogP contribution in [0.15, 0.2) is 18.2 Å². The van der Waals surface area contributed by atoms with Crippen LogP contribution >= 0.6 is 0 Å². The molecule has 0 saturated carbocycles. The molecule has 1 saturated heterocycles. The van der Waals surface area contributed by atoms with Crippen LogP contribution < -0.4 is 9.44 Å². The van der Waals surface area contributed by atoms with Crippen LogP contribution in [0.25, 0.3) is 0 Å². The van der Waals surface area contributed by atoms with Crippen molar-refractivity contribution in [3.63, 3.8) is 0 Å². The van der Waals surface area contributed by atoms with Crippen LogP contribution in [0.4, 0.5) is 0 Å². The van der Waals surface area contributed by atoms with Gasteiger partial charge in [-0.3, -0.25) is 4.79 Å². The summed E-state index contributed by atoms with van der Waals surface area (Å²) in [4.78, 5) is 14.5. The third-order valence-corrected chi connectivity index (χ3v) is 5.25. The molecule has 1 aliphatic rings. The van der Waals surface area contributed by atoms with Crippen molar-refractivity contribution in [1.29, 1.82) is 0 Å². The molecule has 6 nitrogen and oxygen atoms in total. The highest BCUT2D eigenvalue weighted by Gasteiger charge is 2.27. The molecule has 0 radical (unpaired) electrons. The standard InChI is InChI=1S/C15H23N3O3S/c1-11-5-4-6-12(2)14(11)15(19)18-9-7-13(8-10-18)17-22(20,21)16-3/h4-6,13,16-17H,7-10H2,1-3H3. The number of amides is 1. The van der Waals surface area contributed by atoms with E-state index in [1.165, 1.54) is 7.05 Å². The predicted octanol–water partition coefficient (Wildman–Crippen LogP) is 0.962. The fraction of sp³-hybridized carbons (Fsp3) is 0.533. The van der Waals surface area contributed by atoms with E-state index in [1.54, 1.807) is 4.90 Å². The Hall–Kier alpha value is -1.44. The number of piperidine rings is 1. The molecule has 2 N–H and O–H groups in total. The van der Waals surface area contributed by atoms with Crippen LogP contribution in [0.2, 0.25) is 0 Å².